The van der Waals surface area contributed by atoms with Gasteiger partial charge in [-0.15, -0.1) is 6.58 Å². The van der Waals surface area contributed by atoms with E-state index in [1.165, 1.54) is 5.56 Å². The first kappa shape index (κ1) is 11.5. The summed E-state index contributed by atoms with van der Waals surface area (Å²) in [5.74, 6) is 0. The Morgan fingerprint density at radius 2 is 2.21 bits per heavy atom. The highest BCUT2D eigenvalue weighted by atomic mass is 79.9. The summed E-state index contributed by atoms with van der Waals surface area (Å²) in [7, 11) is 0. The Balaban J connectivity index is 2.85. The van der Waals surface area contributed by atoms with Crippen LogP contribution in [0.15, 0.2) is 34.8 Å². The van der Waals surface area contributed by atoms with E-state index < -0.39 is 0 Å². The highest BCUT2D eigenvalue weighted by molar-refractivity contribution is 9.10. The molecule has 0 aliphatic heterocycles. The molecule has 76 valence electrons. The molecule has 0 spiro atoms. The second-order valence-electron chi connectivity index (χ2n) is 3.78. The minimum atomic E-state index is 0.0596. The number of halogens is 1. The van der Waals surface area contributed by atoms with Crippen molar-refractivity contribution < 1.29 is 0 Å². The third-order valence-corrected chi connectivity index (χ3v) is 3.05. The molecule has 0 saturated heterocycles. The summed E-state index contributed by atoms with van der Waals surface area (Å²) in [5.41, 5.74) is 9.54. The molecule has 0 radical (unpaired) electrons. The molecule has 1 nitrogen and oxygen atoms in total. The molecule has 1 aromatic rings. The van der Waals surface area contributed by atoms with Crippen LogP contribution >= 0.6 is 15.9 Å². The van der Waals surface area contributed by atoms with Crippen LogP contribution in [0.2, 0.25) is 0 Å². The van der Waals surface area contributed by atoms with Crippen molar-refractivity contribution in [1.82, 2.24) is 0 Å². The lowest BCUT2D eigenvalue weighted by Crippen LogP contribution is -2.10. The van der Waals surface area contributed by atoms with Gasteiger partial charge in [0.15, 0.2) is 0 Å². The summed E-state index contributed by atoms with van der Waals surface area (Å²) in [4.78, 5) is 0. The summed E-state index contributed by atoms with van der Waals surface area (Å²) in [6.45, 7) is 7.94. The molecule has 0 heterocycles. The smallest absolute Gasteiger partial charge is 0.0332 e. The molecule has 1 aromatic carbocycles. The lowest BCUT2D eigenvalue weighted by molar-refractivity contribution is 0.716. The van der Waals surface area contributed by atoms with Crippen LogP contribution in [0, 0.1) is 6.92 Å². The molecule has 0 bridgehead atoms. The maximum atomic E-state index is 6.03. The van der Waals surface area contributed by atoms with Crippen LogP contribution in [0.3, 0.4) is 0 Å². The van der Waals surface area contributed by atoms with Crippen molar-refractivity contribution >= 4 is 15.9 Å². The Labute approximate surface area is 94.1 Å². The van der Waals surface area contributed by atoms with Crippen LogP contribution in [0.25, 0.3) is 0 Å². The molecular weight excluding hydrogens is 238 g/mol. The zero-order valence-electron chi connectivity index (χ0n) is 8.68. The third kappa shape index (κ3) is 2.96. The van der Waals surface area contributed by atoms with Crippen molar-refractivity contribution in [2.24, 2.45) is 5.73 Å². The molecule has 0 saturated carbocycles. The summed E-state index contributed by atoms with van der Waals surface area (Å²) in [6, 6.07) is 6.30. The lowest BCUT2D eigenvalue weighted by atomic mass is 10.0. The van der Waals surface area contributed by atoms with Crippen molar-refractivity contribution in [1.29, 1.82) is 0 Å². The van der Waals surface area contributed by atoms with Gasteiger partial charge in [0, 0.05) is 10.5 Å². The minimum Gasteiger partial charge on any atom is -0.324 e. The molecule has 2 heteroatoms. The molecule has 0 amide bonds. The van der Waals surface area contributed by atoms with E-state index in [1.54, 1.807) is 0 Å². The molecule has 0 aliphatic carbocycles. The quantitative estimate of drug-likeness (QED) is 0.817. The van der Waals surface area contributed by atoms with Crippen molar-refractivity contribution in [3.05, 3.63) is 46.0 Å². The number of rotatable bonds is 3. The summed E-state index contributed by atoms with van der Waals surface area (Å²) in [5, 5.41) is 0. The fourth-order valence-corrected chi connectivity index (χ4v) is 1.73. The van der Waals surface area contributed by atoms with Crippen molar-refractivity contribution in [3.8, 4) is 0 Å². The predicted molar refractivity (Wildman–Crippen MR) is 65.2 cm³/mol. The van der Waals surface area contributed by atoms with E-state index in [1.807, 2.05) is 6.92 Å². The zero-order chi connectivity index (χ0) is 10.7. The SMILES string of the molecule is C=C(C)C[C@@H](N)c1ccc(C)c(Br)c1. The molecule has 1 atom stereocenters. The van der Waals surface area contributed by atoms with Crippen molar-refractivity contribution in [2.45, 2.75) is 26.3 Å². The van der Waals surface area contributed by atoms with Crippen molar-refractivity contribution in [2.75, 3.05) is 0 Å². The van der Waals surface area contributed by atoms with E-state index in [0.29, 0.717) is 0 Å². The Bertz CT molecular complexity index is 344. The Hall–Kier alpha value is -0.600. The van der Waals surface area contributed by atoms with Crippen LogP contribution in [-0.4, -0.2) is 0 Å². The fourth-order valence-electron chi connectivity index (χ4n) is 1.33. The van der Waals surface area contributed by atoms with E-state index in [0.717, 1.165) is 22.0 Å². The fraction of sp³-hybridized carbons (Fsp3) is 0.333. The average molecular weight is 254 g/mol. The van der Waals surface area contributed by atoms with Gasteiger partial charge in [0.2, 0.25) is 0 Å². The van der Waals surface area contributed by atoms with Crippen LogP contribution in [0.5, 0.6) is 0 Å². The third-order valence-electron chi connectivity index (χ3n) is 2.19. The van der Waals surface area contributed by atoms with Crippen LogP contribution in [-0.2, 0) is 0 Å². The average Bonchev–Trinajstić information content (AvgIpc) is 2.08. The predicted octanol–water partition coefficient (Wildman–Crippen LogP) is 3.72. The second-order valence-corrected chi connectivity index (χ2v) is 4.63. The first-order valence-corrected chi connectivity index (χ1v) is 5.46. The molecule has 14 heavy (non-hydrogen) atoms. The Morgan fingerprint density at radius 1 is 1.57 bits per heavy atom. The second kappa shape index (κ2) is 4.76. The van der Waals surface area contributed by atoms with Gasteiger partial charge < -0.3 is 5.73 Å². The topological polar surface area (TPSA) is 26.0 Å². The monoisotopic (exact) mass is 253 g/mol. The molecule has 2 N–H and O–H groups in total. The van der Waals surface area contributed by atoms with Crippen molar-refractivity contribution in [3.63, 3.8) is 0 Å². The molecule has 0 aliphatic rings. The van der Waals surface area contributed by atoms with Gasteiger partial charge in [0.1, 0.15) is 0 Å². The molecule has 0 unspecified atom stereocenters. The normalized spacial score (nSPS) is 12.6. The van der Waals surface area contributed by atoms with E-state index >= 15 is 0 Å². The van der Waals surface area contributed by atoms with Gasteiger partial charge in [-0.2, -0.15) is 0 Å². The van der Waals surface area contributed by atoms with E-state index in [9.17, 15) is 0 Å². The largest absolute Gasteiger partial charge is 0.324 e. The number of aryl methyl sites for hydroxylation is 1. The summed E-state index contributed by atoms with van der Waals surface area (Å²) < 4.78 is 1.12. The Morgan fingerprint density at radius 3 is 2.71 bits per heavy atom. The first-order valence-electron chi connectivity index (χ1n) is 4.66. The summed E-state index contributed by atoms with van der Waals surface area (Å²) in [6.07, 6.45) is 0.843. The van der Waals surface area contributed by atoms with Gasteiger partial charge >= 0.3 is 0 Å². The number of hydrogen-bond acceptors (Lipinski definition) is 1. The number of hydrogen-bond donors (Lipinski definition) is 1. The molecular formula is C12H16BrN. The lowest BCUT2D eigenvalue weighted by Gasteiger charge is -2.12. The first-order chi connectivity index (χ1) is 6.50. The van der Waals surface area contributed by atoms with E-state index in [4.69, 9.17) is 5.73 Å². The highest BCUT2D eigenvalue weighted by Gasteiger charge is 2.07. The van der Waals surface area contributed by atoms with Gasteiger partial charge in [0.25, 0.3) is 0 Å². The minimum absolute atomic E-state index is 0.0596. The van der Waals surface area contributed by atoms with E-state index in [2.05, 4.69) is 47.6 Å². The van der Waals surface area contributed by atoms with E-state index in [-0.39, 0.29) is 6.04 Å². The molecule has 0 aromatic heterocycles. The number of nitrogens with two attached hydrogens (primary N) is 1. The van der Waals surface area contributed by atoms with Gasteiger partial charge in [-0.3, -0.25) is 0 Å². The van der Waals surface area contributed by atoms with Gasteiger partial charge in [-0.05, 0) is 37.5 Å². The van der Waals surface area contributed by atoms with Gasteiger partial charge in [-0.25, -0.2) is 0 Å². The highest BCUT2D eigenvalue weighted by Crippen LogP contribution is 2.23. The van der Waals surface area contributed by atoms with Crippen LogP contribution in [0.1, 0.15) is 30.5 Å². The maximum absolute atomic E-state index is 6.03. The Kier molecular flexibility index (Phi) is 3.90. The molecule has 1 rings (SSSR count). The molecule has 0 fully saturated rings. The zero-order valence-corrected chi connectivity index (χ0v) is 10.3. The van der Waals surface area contributed by atoms with Gasteiger partial charge in [0.05, 0.1) is 0 Å². The maximum Gasteiger partial charge on any atom is 0.0332 e. The standard InChI is InChI=1S/C12H16BrN/c1-8(2)6-12(14)10-5-4-9(3)11(13)7-10/h4-5,7,12H,1,6,14H2,2-3H3/t12-/m1/s1. The van der Waals surface area contributed by atoms with Crippen LogP contribution in [0.4, 0.5) is 0 Å². The van der Waals surface area contributed by atoms with Crippen LogP contribution < -0.4 is 5.73 Å². The summed E-state index contributed by atoms with van der Waals surface area (Å²) >= 11 is 3.50. The van der Waals surface area contributed by atoms with Gasteiger partial charge in [-0.1, -0.05) is 33.6 Å². The number of benzene rings is 1.